The van der Waals surface area contributed by atoms with Crippen molar-refractivity contribution in [1.82, 2.24) is 4.98 Å². The first-order valence-corrected chi connectivity index (χ1v) is 7.00. The molecule has 0 radical (unpaired) electrons. The Morgan fingerprint density at radius 1 is 1.35 bits per heavy atom. The molecule has 4 heteroatoms. The molecule has 1 aromatic heterocycles. The van der Waals surface area contributed by atoms with Crippen LogP contribution in [0.5, 0.6) is 0 Å². The van der Waals surface area contributed by atoms with E-state index in [0.717, 1.165) is 22.1 Å². The molecule has 0 atom stereocenters. The number of halogens is 2. The number of aromatic nitrogens is 1. The number of rotatable bonds is 2. The van der Waals surface area contributed by atoms with E-state index in [-0.39, 0.29) is 11.7 Å². The second kappa shape index (κ2) is 5.15. The van der Waals surface area contributed by atoms with Crippen molar-refractivity contribution in [3.8, 4) is 0 Å². The standard InChI is InChI=1S/C16H15ClFNO/c1-9(2)15-12-5-11(17)6-14(18)16(12)19-7-13(15)10-3-4-20-8-10/h3,5-7,9H,4,8H2,1-2H3. The lowest BCUT2D eigenvalue weighted by atomic mass is 9.90. The fourth-order valence-electron chi connectivity index (χ4n) is 2.70. The second-order valence-electron chi connectivity index (χ2n) is 5.27. The minimum atomic E-state index is -0.377. The third-order valence-electron chi connectivity index (χ3n) is 3.56. The van der Waals surface area contributed by atoms with Gasteiger partial charge in [0, 0.05) is 22.2 Å². The topological polar surface area (TPSA) is 22.1 Å². The summed E-state index contributed by atoms with van der Waals surface area (Å²) in [6.45, 7) is 5.38. The molecule has 0 amide bonds. The number of fused-ring (bicyclic) bond motifs is 1. The number of ether oxygens (including phenoxy) is 1. The summed E-state index contributed by atoms with van der Waals surface area (Å²) in [6.07, 6.45) is 3.80. The predicted molar refractivity (Wildman–Crippen MR) is 79.6 cm³/mol. The lowest BCUT2D eigenvalue weighted by Crippen LogP contribution is -2.01. The van der Waals surface area contributed by atoms with Crippen LogP contribution in [0, 0.1) is 5.82 Å². The molecule has 1 aliphatic heterocycles. The largest absolute Gasteiger partial charge is 0.373 e. The van der Waals surface area contributed by atoms with Crippen LogP contribution in [0.15, 0.2) is 24.4 Å². The average Bonchev–Trinajstić information content (AvgIpc) is 2.90. The van der Waals surface area contributed by atoms with E-state index in [0.29, 0.717) is 23.8 Å². The van der Waals surface area contributed by atoms with Gasteiger partial charge in [0.05, 0.1) is 13.2 Å². The third-order valence-corrected chi connectivity index (χ3v) is 3.78. The SMILES string of the molecule is CC(C)c1c(C2=CCOC2)cnc2c(F)cc(Cl)cc12. The molecular formula is C16H15ClFNO. The van der Waals surface area contributed by atoms with Gasteiger partial charge in [0.1, 0.15) is 5.52 Å². The maximum absolute atomic E-state index is 14.0. The van der Waals surface area contributed by atoms with E-state index >= 15 is 0 Å². The first kappa shape index (κ1) is 13.5. The van der Waals surface area contributed by atoms with E-state index in [9.17, 15) is 4.39 Å². The summed E-state index contributed by atoms with van der Waals surface area (Å²) in [4.78, 5) is 4.28. The molecule has 0 spiro atoms. The average molecular weight is 292 g/mol. The zero-order valence-corrected chi connectivity index (χ0v) is 12.2. The van der Waals surface area contributed by atoms with Gasteiger partial charge in [0.2, 0.25) is 0 Å². The van der Waals surface area contributed by atoms with Crippen LogP contribution in [-0.2, 0) is 4.74 Å². The lowest BCUT2D eigenvalue weighted by Gasteiger charge is -2.16. The normalized spacial score (nSPS) is 15.2. The predicted octanol–water partition coefficient (Wildman–Crippen LogP) is 4.56. The smallest absolute Gasteiger partial charge is 0.150 e. The van der Waals surface area contributed by atoms with Crippen molar-refractivity contribution in [1.29, 1.82) is 0 Å². The molecule has 2 nitrogen and oxygen atoms in total. The fourth-order valence-corrected chi connectivity index (χ4v) is 2.90. The zero-order chi connectivity index (χ0) is 14.3. The molecule has 0 aliphatic carbocycles. The van der Waals surface area contributed by atoms with Gasteiger partial charge in [0.15, 0.2) is 5.82 Å². The minimum Gasteiger partial charge on any atom is -0.373 e. The van der Waals surface area contributed by atoms with Crippen molar-refractivity contribution in [2.24, 2.45) is 0 Å². The molecule has 104 valence electrons. The summed E-state index contributed by atoms with van der Waals surface area (Å²) in [5.41, 5.74) is 3.60. The molecule has 1 aromatic carbocycles. The Hall–Kier alpha value is -1.45. The zero-order valence-electron chi connectivity index (χ0n) is 11.4. The molecule has 1 aliphatic rings. The van der Waals surface area contributed by atoms with Gasteiger partial charge in [-0.3, -0.25) is 4.98 Å². The molecule has 0 unspecified atom stereocenters. The quantitative estimate of drug-likeness (QED) is 0.809. The van der Waals surface area contributed by atoms with Crippen LogP contribution < -0.4 is 0 Å². The van der Waals surface area contributed by atoms with Gasteiger partial charge >= 0.3 is 0 Å². The van der Waals surface area contributed by atoms with Gasteiger partial charge in [0.25, 0.3) is 0 Å². The molecule has 0 saturated heterocycles. The molecule has 0 bridgehead atoms. The highest BCUT2D eigenvalue weighted by Crippen LogP contribution is 2.35. The summed E-state index contributed by atoms with van der Waals surface area (Å²) in [5.74, 6) is -0.132. The third kappa shape index (κ3) is 2.21. The summed E-state index contributed by atoms with van der Waals surface area (Å²) < 4.78 is 19.4. The van der Waals surface area contributed by atoms with Crippen LogP contribution >= 0.6 is 11.6 Å². The van der Waals surface area contributed by atoms with E-state index in [4.69, 9.17) is 16.3 Å². The van der Waals surface area contributed by atoms with Gasteiger partial charge in [-0.05, 0) is 29.2 Å². The molecular weight excluding hydrogens is 277 g/mol. The second-order valence-corrected chi connectivity index (χ2v) is 5.70. The van der Waals surface area contributed by atoms with Crippen LogP contribution in [0.1, 0.15) is 30.9 Å². The number of benzene rings is 1. The highest BCUT2D eigenvalue weighted by Gasteiger charge is 2.19. The lowest BCUT2D eigenvalue weighted by molar-refractivity contribution is 0.216. The molecule has 20 heavy (non-hydrogen) atoms. The van der Waals surface area contributed by atoms with Gasteiger partial charge in [-0.15, -0.1) is 0 Å². The minimum absolute atomic E-state index is 0.245. The summed E-state index contributed by atoms with van der Waals surface area (Å²) in [6, 6.07) is 3.10. The molecule has 3 rings (SSSR count). The van der Waals surface area contributed by atoms with E-state index < -0.39 is 0 Å². The Balaban J connectivity index is 2.34. The van der Waals surface area contributed by atoms with Gasteiger partial charge in [-0.25, -0.2) is 4.39 Å². The van der Waals surface area contributed by atoms with Crippen molar-refractivity contribution in [2.75, 3.05) is 13.2 Å². The molecule has 2 heterocycles. The Bertz CT molecular complexity index is 709. The van der Waals surface area contributed by atoms with E-state index in [2.05, 4.69) is 24.9 Å². The van der Waals surface area contributed by atoms with Crippen LogP contribution in [0.3, 0.4) is 0 Å². The van der Waals surface area contributed by atoms with E-state index in [1.165, 1.54) is 6.07 Å². The number of hydrogen-bond acceptors (Lipinski definition) is 2. The van der Waals surface area contributed by atoms with Crippen LogP contribution in [0.25, 0.3) is 16.5 Å². The number of pyridine rings is 1. The first-order valence-electron chi connectivity index (χ1n) is 6.62. The molecule has 0 fully saturated rings. The summed E-state index contributed by atoms with van der Waals surface area (Å²) >= 11 is 6.01. The Morgan fingerprint density at radius 2 is 2.15 bits per heavy atom. The van der Waals surface area contributed by atoms with Crippen LogP contribution in [0.2, 0.25) is 5.02 Å². The maximum atomic E-state index is 14.0. The highest BCUT2D eigenvalue weighted by molar-refractivity contribution is 6.31. The Morgan fingerprint density at radius 3 is 2.80 bits per heavy atom. The van der Waals surface area contributed by atoms with Crippen LogP contribution in [-0.4, -0.2) is 18.2 Å². The molecule has 2 aromatic rings. The number of nitrogens with zero attached hydrogens (tertiary/aromatic N) is 1. The van der Waals surface area contributed by atoms with Gasteiger partial charge in [-0.1, -0.05) is 31.5 Å². The van der Waals surface area contributed by atoms with E-state index in [1.54, 1.807) is 12.3 Å². The van der Waals surface area contributed by atoms with Crippen LogP contribution in [0.4, 0.5) is 4.39 Å². The van der Waals surface area contributed by atoms with E-state index in [1.807, 2.05) is 0 Å². The summed E-state index contributed by atoms with van der Waals surface area (Å²) in [7, 11) is 0. The monoisotopic (exact) mass is 291 g/mol. The Labute approximate surface area is 122 Å². The van der Waals surface area contributed by atoms with Crippen molar-refractivity contribution in [3.05, 3.63) is 46.4 Å². The highest BCUT2D eigenvalue weighted by atomic mass is 35.5. The fraction of sp³-hybridized carbons (Fsp3) is 0.312. The van der Waals surface area contributed by atoms with Crippen molar-refractivity contribution < 1.29 is 9.13 Å². The van der Waals surface area contributed by atoms with Gasteiger partial charge < -0.3 is 4.74 Å². The molecule has 0 N–H and O–H groups in total. The molecule has 0 saturated carbocycles. The maximum Gasteiger partial charge on any atom is 0.150 e. The summed E-state index contributed by atoms with van der Waals surface area (Å²) in [5, 5.41) is 1.18. The Kier molecular flexibility index (Phi) is 3.48. The number of hydrogen-bond donors (Lipinski definition) is 0. The van der Waals surface area contributed by atoms with Crippen molar-refractivity contribution in [3.63, 3.8) is 0 Å². The van der Waals surface area contributed by atoms with Crippen molar-refractivity contribution in [2.45, 2.75) is 19.8 Å². The first-order chi connectivity index (χ1) is 9.58. The van der Waals surface area contributed by atoms with Gasteiger partial charge in [-0.2, -0.15) is 0 Å². The van der Waals surface area contributed by atoms with Crippen molar-refractivity contribution >= 4 is 28.1 Å².